The molecule has 0 amide bonds. The Morgan fingerprint density at radius 3 is 2.45 bits per heavy atom. The van der Waals surface area contributed by atoms with Gasteiger partial charge in [0.05, 0.1) is 5.56 Å². The highest BCUT2D eigenvalue weighted by molar-refractivity contribution is 5.88. The Kier molecular flexibility index (Phi) is 4.05. The van der Waals surface area contributed by atoms with Crippen LogP contribution in [-0.2, 0) is 0 Å². The fourth-order valence-corrected chi connectivity index (χ4v) is 2.26. The molecule has 0 atom stereocenters. The summed E-state index contributed by atoms with van der Waals surface area (Å²) < 4.78 is 5.57. The van der Waals surface area contributed by atoms with Crippen LogP contribution in [0.3, 0.4) is 0 Å². The van der Waals surface area contributed by atoms with Gasteiger partial charge >= 0.3 is 0 Å². The maximum absolute atomic E-state index is 9.01. The van der Waals surface area contributed by atoms with Gasteiger partial charge in [0.2, 0.25) is 0 Å². The van der Waals surface area contributed by atoms with Crippen LogP contribution in [0.4, 0.5) is 0 Å². The lowest BCUT2D eigenvalue weighted by Crippen LogP contribution is -1.96. The standard InChI is InChI=1S/C20H13NO/c21-15-18-8-2-4-13-20(18)22-14-6-11-17-10-5-9-16-7-1-3-12-19(16)17/h1-5,7-10,12-13H,14H2. The molecule has 0 aliphatic heterocycles. The summed E-state index contributed by atoms with van der Waals surface area (Å²) in [5, 5.41) is 11.3. The highest BCUT2D eigenvalue weighted by Crippen LogP contribution is 2.18. The number of fused-ring (bicyclic) bond motifs is 1. The smallest absolute Gasteiger partial charge is 0.149 e. The van der Waals surface area contributed by atoms with Crippen LogP contribution in [0, 0.1) is 23.2 Å². The summed E-state index contributed by atoms with van der Waals surface area (Å²) in [6.45, 7) is 0.252. The van der Waals surface area contributed by atoms with Crippen molar-refractivity contribution < 1.29 is 4.74 Å². The van der Waals surface area contributed by atoms with E-state index in [2.05, 4.69) is 36.1 Å². The molecule has 0 bridgehead atoms. The lowest BCUT2D eigenvalue weighted by Gasteiger charge is -2.03. The summed E-state index contributed by atoms with van der Waals surface area (Å²) >= 11 is 0. The number of nitriles is 1. The van der Waals surface area contributed by atoms with Crippen LogP contribution in [0.2, 0.25) is 0 Å². The van der Waals surface area contributed by atoms with Crippen molar-refractivity contribution in [2.45, 2.75) is 0 Å². The van der Waals surface area contributed by atoms with Gasteiger partial charge in [-0.05, 0) is 29.0 Å². The van der Waals surface area contributed by atoms with Gasteiger partial charge in [0.25, 0.3) is 0 Å². The first-order valence-electron chi connectivity index (χ1n) is 6.97. The van der Waals surface area contributed by atoms with E-state index < -0.39 is 0 Å². The Morgan fingerprint density at radius 2 is 1.55 bits per heavy atom. The van der Waals surface area contributed by atoms with Crippen LogP contribution >= 0.6 is 0 Å². The molecule has 0 fully saturated rings. The molecule has 0 aliphatic rings. The van der Waals surface area contributed by atoms with Crippen LogP contribution in [-0.4, -0.2) is 6.61 Å². The topological polar surface area (TPSA) is 33.0 Å². The molecule has 3 aromatic rings. The minimum atomic E-state index is 0.252. The van der Waals surface area contributed by atoms with E-state index in [0.717, 1.165) is 10.9 Å². The van der Waals surface area contributed by atoms with E-state index in [1.54, 1.807) is 12.1 Å². The molecule has 3 aromatic carbocycles. The molecule has 104 valence electrons. The Hall–Kier alpha value is -3.23. The number of hydrogen-bond donors (Lipinski definition) is 0. The monoisotopic (exact) mass is 283 g/mol. The summed E-state index contributed by atoms with van der Waals surface area (Å²) in [7, 11) is 0. The van der Waals surface area contributed by atoms with Gasteiger partial charge in [-0.2, -0.15) is 5.26 Å². The molecule has 0 heterocycles. The molecule has 0 saturated carbocycles. The Labute approximate surface area is 129 Å². The normalized spacial score (nSPS) is 9.59. The molecule has 3 rings (SSSR count). The summed E-state index contributed by atoms with van der Waals surface area (Å²) in [5.41, 5.74) is 1.50. The number of ether oxygens (including phenoxy) is 1. The summed E-state index contributed by atoms with van der Waals surface area (Å²) in [4.78, 5) is 0. The summed E-state index contributed by atoms with van der Waals surface area (Å²) in [6, 6.07) is 23.5. The van der Waals surface area contributed by atoms with Gasteiger partial charge in [-0.25, -0.2) is 0 Å². The predicted octanol–water partition coefficient (Wildman–Crippen LogP) is 4.14. The van der Waals surface area contributed by atoms with Crippen molar-refractivity contribution in [3.05, 3.63) is 77.9 Å². The maximum atomic E-state index is 9.01. The molecule has 0 unspecified atom stereocenters. The van der Waals surface area contributed by atoms with Crippen LogP contribution in [0.5, 0.6) is 5.75 Å². The van der Waals surface area contributed by atoms with Gasteiger partial charge < -0.3 is 4.74 Å². The zero-order chi connectivity index (χ0) is 15.2. The predicted molar refractivity (Wildman–Crippen MR) is 87.5 cm³/mol. The van der Waals surface area contributed by atoms with Gasteiger partial charge in [-0.3, -0.25) is 0 Å². The van der Waals surface area contributed by atoms with Gasteiger partial charge in [0.15, 0.2) is 0 Å². The van der Waals surface area contributed by atoms with E-state index in [4.69, 9.17) is 10.00 Å². The first kappa shape index (κ1) is 13.7. The number of hydrogen-bond acceptors (Lipinski definition) is 2. The molecular formula is C20H13NO. The van der Waals surface area contributed by atoms with Gasteiger partial charge in [-0.15, -0.1) is 0 Å². The Balaban J connectivity index is 1.77. The molecule has 2 heteroatoms. The zero-order valence-corrected chi connectivity index (χ0v) is 11.9. The Morgan fingerprint density at radius 1 is 0.818 bits per heavy atom. The first-order chi connectivity index (χ1) is 10.9. The van der Waals surface area contributed by atoms with Crippen LogP contribution < -0.4 is 4.74 Å². The second-order valence-electron chi connectivity index (χ2n) is 4.73. The van der Waals surface area contributed by atoms with Crippen molar-refractivity contribution in [1.29, 1.82) is 5.26 Å². The third kappa shape index (κ3) is 2.92. The van der Waals surface area contributed by atoms with Crippen LogP contribution in [0.25, 0.3) is 10.8 Å². The van der Waals surface area contributed by atoms with Gasteiger partial charge in [0.1, 0.15) is 18.4 Å². The summed E-state index contributed by atoms with van der Waals surface area (Å²) in [5.74, 6) is 6.72. The van der Waals surface area contributed by atoms with E-state index in [-0.39, 0.29) is 6.61 Å². The van der Waals surface area contributed by atoms with Gasteiger partial charge in [0, 0.05) is 5.56 Å². The molecule has 0 N–H and O–H groups in total. The first-order valence-corrected chi connectivity index (χ1v) is 6.97. The van der Waals surface area contributed by atoms with Crippen molar-refractivity contribution in [3.8, 4) is 23.7 Å². The second-order valence-corrected chi connectivity index (χ2v) is 4.73. The van der Waals surface area contributed by atoms with Crippen molar-refractivity contribution in [2.24, 2.45) is 0 Å². The fraction of sp³-hybridized carbons (Fsp3) is 0.0500. The number of rotatable bonds is 2. The Bertz CT molecular complexity index is 905. The van der Waals surface area contributed by atoms with Crippen LogP contribution in [0.15, 0.2) is 66.7 Å². The third-order valence-electron chi connectivity index (χ3n) is 3.32. The SMILES string of the molecule is N#Cc1ccccc1OCC#Cc1cccc2ccccc12. The fourth-order valence-electron chi connectivity index (χ4n) is 2.26. The van der Waals surface area contributed by atoms with E-state index in [1.165, 1.54) is 5.39 Å². The van der Waals surface area contributed by atoms with E-state index in [9.17, 15) is 0 Å². The van der Waals surface area contributed by atoms with E-state index >= 15 is 0 Å². The van der Waals surface area contributed by atoms with Crippen LogP contribution in [0.1, 0.15) is 11.1 Å². The van der Waals surface area contributed by atoms with Gasteiger partial charge in [-0.1, -0.05) is 60.4 Å². The molecule has 0 spiro atoms. The van der Waals surface area contributed by atoms with E-state index in [1.807, 2.05) is 36.4 Å². The lowest BCUT2D eigenvalue weighted by atomic mass is 10.1. The zero-order valence-electron chi connectivity index (χ0n) is 11.9. The minimum absolute atomic E-state index is 0.252. The molecule has 0 aliphatic carbocycles. The maximum Gasteiger partial charge on any atom is 0.149 e. The highest BCUT2D eigenvalue weighted by atomic mass is 16.5. The number of nitrogens with zero attached hydrogens (tertiary/aromatic N) is 1. The lowest BCUT2D eigenvalue weighted by molar-refractivity contribution is 0.369. The molecular weight excluding hydrogens is 270 g/mol. The van der Waals surface area contributed by atoms with Crippen molar-refractivity contribution in [3.63, 3.8) is 0 Å². The largest absolute Gasteiger partial charge is 0.480 e. The molecule has 0 aromatic heterocycles. The molecule has 22 heavy (non-hydrogen) atoms. The highest BCUT2D eigenvalue weighted by Gasteiger charge is 2.00. The number of para-hydroxylation sites is 1. The average Bonchev–Trinajstić information content (AvgIpc) is 2.59. The second kappa shape index (κ2) is 6.48. The van der Waals surface area contributed by atoms with E-state index in [0.29, 0.717) is 11.3 Å². The van der Waals surface area contributed by atoms with Crippen molar-refractivity contribution >= 4 is 10.8 Å². The number of benzene rings is 3. The third-order valence-corrected chi connectivity index (χ3v) is 3.32. The van der Waals surface area contributed by atoms with Crippen molar-refractivity contribution in [2.75, 3.05) is 6.61 Å². The molecule has 2 nitrogen and oxygen atoms in total. The van der Waals surface area contributed by atoms with Crippen molar-refractivity contribution in [1.82, 2.24) is 0 Å². The quantitative estimate of drug-likeness (QED) is 0.662. The molecule has 0 radical (unpaired) electrons. The molecule has 0 saturated heterocycles. The average molecular weight is 283 g/mol. The summed E-state index contributed by atoms with van der Waals surface area (Å²) in [6.07, 6.45) is 0. The minimum Gasteiger partial charge on any atom is -0.480 e.